The van der Waals surface area contributed by atoms with Crippen LogP contribution in [0.25, 0.3) is 0 Å². The minimum Gasteiger partial charge on any atom is -0.488 e. The van der Waals surface area contributed by atoms with Crippen LogP contribution in [0, 0.1) is 0 Å². The molecule has 126 valence electrons. The number of hydrogen-bond donors (Lipinski definition) is 2. The van der Waals surface area contributed by atoms with Crippen LogP contribution in [0.4, 0.5) is 0 Å². The van der Waals surface area contributed by atoms with Gasteiger partial charge in [0.25, 0.3) is 0 Å². The Kier molecular flexibility index (Phi) is 7.12. The number of hydrogen-bond acceptors (Lipinski definition) is 5. The highest BCUT2D eigenvalue weighted by Crippen LogP contribution is 2.34. The maximum Gasteiger partial charge on any atom is 0.324 e. The second kappa shape index (κ2) is 8.59. The minimum absolute atomic E-state index is 0.105. The van der Waals surface area contributed by atoms with Crippen molar-refractivity contribution in [3.8, 4) is 5.75 Å². The lowest BCUT2D eigenvalue weighted by atomic mass is 10.2. The summed E-state index contributed by atoms with van der Waals surface area (Å²) in [5.74, 6) is -2.05. The number of carboxylic acids is 2. The molecule has 0 aliphatic carbocycles. The Morgan fingerprint density at radius 3 is 2.09 bits per heavy atom. The van der Waals surface area contributed by atoms with Crippen LogP contribution in [-0.4, -0.2) is 52.6 Å². The summed E-state index contributed by atoms with van der Waals surface area (Å²) in [6.45, 7) is 2.58. The smallest absolute Gasteiger partial charge is 0.324 e. The van der Waals surface area contributed by atoms with E-state index in [1.54, 1.807) is 0 Å². The molecule has 9 heteroatoms. The lowest BCUT2D eigenvalue weighted by Crippen LogP contribution is -2.30. The number of halogens is 2. The van der Waals surface area contributed by atoms with Gasteiger partial charge < -0.3 is 14.9 Å². The van der Waals surface area contributed by atoms with E-state index < -0.39 is 25.0 Å². The average molecular weight is 363 g/mol. The van der Waals surface area contributed by atoms with E-state index in [-0.39, 0.29) is 16.1 Å². The van der Waals surface area contributed by atoms with Gasteiger partial charge in [-0.25, -0.2) is 0 Å². The first kappa shape index (κ1) is 19.1. The molecule has 2 N–H and O–H groups in total. The Labute approximate surface area is 143 Å². The van der Waals surface area contributed by atoms with Crippen LogP contribution >= 0.6 is 23.2 Å². The van der Waals surface area contributed by atoms with Crippen molar-refractivity contribution in [2.45, 2.75) is 20.0 Å². The lowest BCUT2D eigenvalue weighted by Gasteiger charge is -2.15. The van der Waals surface area contributed by atoms with Gasteiger partial charge in [-0.3, -0.25) is 14.6 Å². The number of rotatable bonds is 8. The molecule has 0 fully saturated rings. The van der Waals surface area contributed by atoms with Crippen molar-refractivity contribution >= 4 is 41.4 Å². The van der Waals surface area contributed by atoms with Gasteiger partial charge in [0, 0.05) is 0 Å². The Hall–Kier alpha value is -1.99. The fourth-order valence-electron chi connectivity index (χ4n) is 1.60. The zero-order valence-electron chi connectivity index (χ0n) is 12.5. The van der Waals surface area contributed by atoms with Gasteiger partial charge in [-0.05, 0) is 31.5 Å². The third kappa shape index (κ3) is 6.75. The normalized spacial score (nSPS) is 11.0. The van der Waals surface area contributed by atoms with Crippen molar-refractivity contribution < 1.29 is 24.5 Å². The summed E-state index contributed by atoms with van der Waals surface area (Å²) in [6.07, 6.45) is 1.18. The van der Waals surface area contributed by atoms with Gasteiger partial charge >= 0.3 is 11.9 Å². The Morgan fingerprint density at radius 2 is 1.70 bits per heavy atom. The molecule has 7 nitrogen and oxygen atoms in total. The summed E-state index contributed by atoms with van der Waals surface area (Å²) < 4.78 is 5.49. The molecule has 0 unspecified atom stereocenters. The Bertz CT molecular complexity index is 580. The van der Waals surface area contributed by atoms with Crippen LogP contribution in [-0.2, 0) is 9.59 Å². The molecule has 0 atom stereocenters. The van der Waals surface area contributed by atoms with Gasteiger partial charge in [-0.15, -0.1) is 0 Å². The van der Waals surface area contributed by atoms with Crippen molar-refractivity contribution in [3.63, 3.8) is 0 Å². The molecule has 0 radical (unpaired) electrons. The van der Waals surface area contributed by atoms with E-state index in [0.717, 1.165) is 5.01 Å². The Morgan fingerprint density at radius 1 is 1.22 bits per heavy atom. The van der Waals surface area contributed by atoms with Crippen LogP contribution in [0.5, 0.6) is 5.75 Å². The summed E-state index contributed by atoms with van der Waals surface area (Å²) in [4.78, 5) is 21.4. The summed E-state index contributed by atoms with van der Waals surface area (Å²) in [7, 11) is 0. The Balaban J connectivity index is 2.97. The van der Waals surface area contributed by atoms with Gasteiger partial charge in [-0.1, -0.05) is 23.2 Å². The number of nitrogens with zero attached hydrogens (tertiary/aromatic N) is 2. The topological polar surface area (TPSA) is 99.4 Å². The summed E-state index contributed by atoms with van der Waals surface area (Å²) in [5, 5.41) is 22.7. The van der Waals surface area contributed by atoms with Crippen LogP contribution in [0.2, 0.25) is 10.0 Å². The van der Waals surface area contributed by atoms with Gasteiger partial charge in [-0.2, -0.15) is 5.10 Å². The maximum atomic E-state index is 10.7. The lowest BCUT2D eigenvalue weighted by molar-refractivity contribution is -0.141. The third-order valence-electron chi connectivity index (χ3n) is 2.38. The van der Waals surface area contributed by atoms with Crippen LogP contribution in [0.3, 0.4) is 0 Å². The van der Waals surface area contributed by atoms with E-state index in [1.807, 2.05) is 13.8 Å². The predicted molar refractivity (Wildman–Crippen MR) is 86.7 cm³/mol. The first-order chi connectivity index (χ1) is 10.7. The second-order valence-corrected chi connectivity index (χ2v) is 5.65. The predicted octanol–water partition coefficient (Wildman–Crippen LogP) is 2.59. The highest BCUT2D eigenvalue weighted by Gasteiger charge is 2.12. The average Bonchev–Trinajstić information content (AvgIpc) is 2.38. The third-order valence-corrected chi connectivity index (χ3v) is 2.94. The van der Waals surface area contributed by atoms with Gasteiger partial charge in [0.05, 0.1) is 22.4 Å². The first-order valence-electron chi connectivity index (χ1n) is 6.57. The molecule has 0 aliphatic rings. The minimum atomic E-state index is -1.19. The summed E-state index contributed by atoms with van der Waals surface area (Å²) >= 11 is 12.2. The fourth-order valence-corrected chi connectivity index (χ4v) is 2.19. The molecule has 0 bridgehead atoms. The molecule has 0 aromatic heterocycles. The maximum absolute atomic E-state index is 10.7. The summed E-state index contributed by atoms with van der Waals surface area (Å²) in [6, 6.07) is 3.07. The zero-order valence-corrected chi connectivity index (χ0v) is 14.0. The quantitative estimate of drug-likeness (QED) is 0.544. The molecular formula is C14H16Cl2N2O5. The number of ether oxygens (including phenoxy) is 1. The molecule has 0 aliphatic heterocycles. The number of aliphatic carboxylic acids is 2. The molecule has 1 aromatic rings. The highest BCUT2D eigenvalue weighted by atomic mass is 35.5. The van der Waals surface area contributed by atoms with Crippen molar-refractivity contribution in [2.24, 2.45) is 5.10 Å². The van der Waals surface area contributed by atoms with Crippen molar-refractivity contribution in [1.29, 1.82) is 0 Å². The van der Waals surface area contributed by atoms with Crippen LogP contribution in [0.15, 0.2) is 17.2 Å². The first-order valence-corrected chi connectivity index (χ1v) is 7.33. The zero-order chi connectivity index (χ0) is 17.6. The van der Waals surface area contributed by atoms with Crippen molar-refractivity contribution in [3.05, 3.63) is 27.7 Å². The number of carbonyl (C=O) groups is 2. The molecule has 0 saturated carbocycles. The van der Waals surface area contributed by atoms with E-state index in [0.29, 0.717) is 11.3 Å². The van der Waals surface area contributed by atoms with Crippen LogP contribution in [0.1, 0.15) is 19.4 Å². The second-order valence-electron chi connectivity index (χ2n) is 4.84. The van der Waals surface area contributed by atoms with Crippen LogP contribution < -0.4 is 4.74 Å². The molecule has 0 heterocycles. The molecule has 0 spiro atoms. The number of benzene rings is 1. The van der Waals surface area contributed by atoms with Gasteiger partial charge in [0.2, 0.25) is 0 Å². The standard InChI is InChI=1S/C14H16Cl2N2O5/c1-8(2)23-14-10(15)3-9(4-11(14)16)5-17-18(6-12(19)20)7-13(21)22/h3-5,8H,6-7H2,1-2H3,(H,19,20)(H,21,22)/b17-5-. The van der Waals surface area contributed by atoms with Gasteiger partial charge in [0.1, 0.15) is 13.1 Å². The molecule has 1 rings (SSSR count). The number of carboxylic acid groups (broad SMARTS) is 2. The van der Waals surface area contributed by atoms with Crippen molar-refractivity contribution in [2.75, 3.05) is 13.1 Å². The van der Waals surface area contributed by atoms with E-state index >= 15 is 0 Å². The largest absolute Gasteiger partial charge is 0.488 e. The summed E-state index contributed by atoms with van der Waals surface area (Å²) in [5.41, 5.74) is 0.483. The molecule has 0 amide bonds. The van der Waals surface area contributed by atoms with Gasteiger partial charge in [0.15, 0.2) is 5.75 Å². The molecule has 1 aromatic carbocycles. The highest BCUT2D eigenvalue weighted by molar-refractivity contribution is 6.37. The SMILES string of the molecule is CC(C)Oc1c(Cl)cc(/C=N\N(CC(=O)O)CC(=O)O)cc1Cl. The van der Waals surface area contributed by atoms with E-state index in [2.05, 4.69) is 5.10 Å². The fraction of sp³-hybridized carbons (Fsp3) is 0.357. The molecule has 23 heavy (non-hydrogen) atoms. The van der Waals surface area contributed by atoms with E-state index in [1.165, 1.54) is 18.3 Å². The molecule has 0 saturated heterocycles. The van der Waals surface area contributed by atoms with E-state index in [9.17, 15) is 9.59 Å². The van der Waals surface area contributed by atoms with Crippen molar-refractivity contribution in [1.82, 2.24) is 5.01 Å². The van der Waals surface area contributed by atoms with E-state index in [4.69, 9.17) is 38.2 Å². The monoisotopic (exact) mass is 362 g/mol. The molecular weight excluding hydrogens is 347 g/mol. The number of hydrazone groups is 1.